The molecule has 0 atom stereocenters. The van der Waals surface area contributed by atoms with Crippen molar-refractivity contribution in [3.63, 3.8) is 0 Å². The van der Waals surface area contributed by atoms with Crippen molar-refractivity contribution in [1.29, 1.82) is 0 Å². The van der Waals surface area contributed by atoms with Gasteiger partial charge in [0.1, 0.15) is 5.82 Å². The molecule has 0 amide bonds. The predicted molar refractivity (Wildman–Crippen MR) is 91.6 cm³/mol. The number of rotatable bonds is 5. The summed E-state index contributed by atoms with van der Waals surface area (Å²) in [5.74, 6) is -0.0838. The second-order valence-electron chi connectivity index (χ2n) is 5.14. The molecular formula is C16H20ClFSSi. The molecule has 1 aromatic carbocycles. The molecule has 108 valence electrons. The Labute approximate surface area is 130 Å². The molecule has 20 heavy (non-hydrogen) atoms. The average molecular weight is 327 g/mol. The van der Waals surface area contributed by atoms with Gasteiger partial charge in [-0.3, -0.25) is 0 Å². The molecule has 2 rings (SSSR count). The van der Waals surface area contributed by atoms with Gasteiger partial charge in [0, 0.05) is 5.02 Å². The summed E-state index contributed by atoms with van der Waals surface area (Å²) >= 11 is 7.54. The van der Waals surface area contributed by atoms with E-state index < -0.39 is 8.07 Å². The summed E-state index contributed by atoms with van der Waals surface area (Å²) in [6.45, 7) is 6.75. The molecule has 0 spiro atoms. The zero-order valence-electron chi connectivity index (χ0n) is 12.2. The highest BCUT2D eigenvalue weighted by Crippen LogP contribution is 2.32. The van der Waals surface area contributed by atoms with E-state index in [4.69, 9.17) is 11.6 Å². The molecule has 0 bridgehead atoms. The minimum atomic E-state index is -1.50. The van der Waals surface area contributed by atoms with E-state index in [0.717, 1.165) is 10.4 Å². The normalized spacial score (nSPS) is 11.8. The second kappa shape index (κ2) is 6.42. The van der Waals surface area contributed by atoms with E-state index in [9.17, 15) is 4.39 Å². The third-order valence-corrected chi connectivity index (χ3v) is 12.4. The van der Waals surface area contributed by atoms with Gasteiger partial charge in [-0.05, 0) is 28.3 Å². The minimum Gasteiger partial charge on any atom is -0.205 e. The molecule has 0 nitrogen and oxygen atoms in total. The van der Waals surface area contributed by atoms with Gasteiger partial charge in [-0.25, -0.2) is 4.39 Å². The fourth-order valence-electron chi connectivity index (χ4n) is 2.70. The topological polar surface area (TPSA) is 0 Å². The minimum absolute atomic E-state index is 0.0838. The van der Waals surface area contributed by atoms with Gasteiger partial charge in [0.05, 0.1) is 13.0 Å². The number of hydrogen-bond donors (Lipinski definition) is 0. The molecule has 0 saturated carbocycles. The molecule has 0 aliphatic heterocycles. The van der Waals surface area contributed by atoms with Crippen LogP contribution in [0.1, 0.15) is 20.8 Å². The highest BCUT2D eigenvalue weighted by molar-refractivity contribution is 7.29. The largest absolute Gasteiger partial charge is 0.205 e. The highest BCUT2D eigenvalue weighted by Gasteiger charge is 2.32. The Morgan fingerprint density at radius 1 is 1.05 bits per heavy atom. The predicted octanol–water partition coefficient (Wildman–Crippen LogP) is 5.92. The van der Waals surface area contributed by atoms with Crippen LogP contribution in [0.25, 0.3) is 10.4 Å². The lowest BCUT2D eigenvalue weighted by molar-refractivity contribution is 0.637. The van der Waals surface area contributed by atoms with Crippen LogP contribution in [-0.2, 0) is 0 Å². The van der Waals surface area contributed by atoms with Crippen LogP contribution in [0, 0.1) is 5.82 Å². The first-order chi connectivity index (χ1) is 9.56. The van der Waals surface area contributed by atoms with E-state index in [-0.39, 0.29) is 5.82 Å². The molecule has 0 aliphatic carbocycles. The Morgan fingerprint density at radius 2 is 1.60 bits per heavy atom. The van der Waals surface area contributed by atoms with Crippen molar-refractivity contribution in [2.75, 3.05) is 0 Å². The van der Waals surface area contributed by atoms with Crippen molar-refractivity contribution >= 4 is 35.5 Å². The van der Waals surface area contributed by atoms with Crippen LogP contribution in [0.4, 0.5) is 4.39 Å². The van der Waals surface area contributed by atoms with Crippen molar-refractivity contribution in [2.45, 2.75) is 38.9 Å². The molecular weight excluding hydrogens is 307 g/mol. The van der Waals surface area contributed by atoms with Crippen molar-refractivity contribution in [3.05, 3.63) is 41.2 Å². The molecule has 0 aliphatic rings. The summed E-state index contributed by atoms with van der Waals surface area (Å²) in [6, 6.07) is 12.8. The van der Waals surface area contributed by atoms with Crippen molar-refractivity contribution in [2.24, 2.45) is 0 Å². The lowest BCUT2D eigenvalue weighted by atomic mass is 10.2. The Morgan fingerprint density at radius 3 is 2.10 bits per heavy atom. The molecule has 0 fully saturated rings. The zero-order valence-corrected chi connectivity index (χ0v) is 14.7. The van der Waals surface area contributed by atoms with E-state index in [1.54, 1.807) is 17.4 Å². The third-order valence-electron chi connectivity index (χ3n) is 4.35. The second-order valence-corrected chi connectivity index (χ2v) is 12.2. The van der Waals surface area contributed by atoms with Gasteiger partial charge in [0.2, 0.25) is 0 Å². The molecule has 2 aromatic rings. The van der Waals surface area contributed by atoms with Gasteiger partial charge in [-0.15, -0.1) is 11.3 Å². The molecule has 1 heterocycles. The van der Waals surface area contributed by atoms with Crippen LogP contribution in [-0.4, -0.2) is 8.07 Å². The van der Waals surface area contributed by atoms with Crippen LogP contribution >= 0.6 is 22.9 Å². The van der Waals surface area contributed by atoms with E-state index in [2.05, 4.69) is 20.8 Å². The van der Waals surface area contributed by atoms with Crippen LogP contribution in [0.3, 0.4) is 0 Å². The van der Waals surface area contributed by atoms with Gasteiger partial charge in [-0.2, -0.15) is 0 Å². The molecule has 0 unspecified atom stereocenters. The fraction of sp³-hybridized carbons (Fsp3) is 0.375. The quantitative estimate of drug-likeness (QED) is 0.598. The maximum absolute atomic E-state index is 14.3. The molecule has 0 N–H and O–H groups in total. The summed E-state index contributed by atoms with van der Waals surface area (Å²) in [5, 5.41) is 0.685. The fourth-order valence-corrected chi connectivity index (χ4v) is 9.07. The number of benzene rings is 1. The zero-order chi connectivity index (χ0) is 14.8. The van der Waals surface area contributed by atoms with Gasteiger partial charge in [0.25, 0.3) is 0 Å². The highest BCUT2D eigenvalue weighted by atomic mass is 35.5. The lowest BCUT2D eigenvalue weighted by Crippen LogP contribution is -2.43. The summed E-state index contributed by atoms with van der Waals surface area (Å²) in [7, 11) is -1.50. The van der Waals surface area contributed by atoms with E-state index in [1.165, 1.54) is 22.6 Å². The maximum atomic E-state index is 14.3. The Hall–Kier alpha value is -0.643. The standard InChI is InChI=1S/C16H20ClFSSi/c1-4-20(5-2,6-3)15-11-14(18)16(19-15)12-7-9-13(17)10-8-12/h7-11H,4-6H2,1-3H3. The van der Waals surface area contributed by atoms with Crippen LogP contribution in [0.15, 0.2) is 30.3 Å². The third kappa shape index (κ3) is 2.85. The SMILES string of the molecule is CC[Si](CC)(CC)c1cc(F)c(-c2ccc(Cl)cc2)s1. The van der Waals surface area contributed by atoms with E-state index in [1.807, 2.05) is 24.3 Å². The van der Waals surface area contributed by atoms with Crippen LogP contribution in [0.2, 0.25) is 23.2 Å². The van der Waals surface area contributed by atoms with Crippen molar-refractivity contribution < 1.29 is 4.39 Å². The Balaban J connectivity index is 2.46. The summed E-state index contributed by atoms with van der Waals surface area (Å²) < 4.78 is 15.6. The Kier molecular flexibility index (Phi) is 5.05. The molecule has 0 saturated heterocycles. The molecule has 0 radical (unpaired) electrons. The Bertz CT molecular complexity index is 564. The smallest absolute Gasteiger partial charge is 0.141 e. The van der Waals surface area contributed by atoms with Crippen molar-refractivity contribution in [3.8, 4) is 10.4 Å². The summed E-state index contributed by atoms with van der Waals surface area (Å²) in [4.78, 5) is 0.754. The number of hydrogen-bond acceptors (Lipinski definition) is 1. The van der Waals surface area contributed by atoms with Gasteiger partial charge in [0.15, 0.2) is 0 Å². The maximum Gasteiger partial charge on any atom is 0.141 e. The van der Waals surface area contributed by atoms with E-state index in [0.29, 0.717) is 5.02 Å². The lowest BCUT2D eigenvalue weighted by Gasteiger charge is -2.26. The van der Waals surface area contributed by atoms with Gasteiger partial charge in [-0.1, -0.05) is 62.6 Å². The van der Waals surface area contributed by atoms with E-state index >= 15 is 0 Å². The first-order valence-corrected chi connectivity index (χ1v) is 10.9. The van der Waals surface area contributed by atoms with Crippen LogP contribution in [0.5, 0.6) is 0 Å². The van der Waals surface area contributed by atoms with Gasteiger partial charge >= 0.3 is 0 Å². The number of thiophene rings is 1. The van der Waals surface area contributed by atoms with Crippen molar-refractivity contribution in [1.82, 2.24) is 0 Å². The molecule has 1 aromatic heterocycles. The molecule has 4 heteroatoms. The van der Waals surface area contributed by atoms with Crippen LogP contribution < -0.4 is 4.50 Å². The van der Waals surface area contributed by atoms with Gasteiger partial charge < -0.3 is 0 Å². The average Bonchev–Trinajstić information content (AvgIpc) is 2.85. The monoisotopic (exact) mass is 326 g/mol. The number of halogens is 2. The first-order valence-electron chi connectivity index (χ1n) is 7.12. The summed E-state index contributed by atoms with van der Waals surface area (Å²) in [5.41, 5.74) is 0.925. The first kappa shape index (κ1) is 15.7. The summed E-state index contributed by atoms with van der Waals surface area (Å²) in [6.07, 6.45) is 0.